The van der Waals surface area contributed by atoms with Crippen molar-refractivity contribution in [3.05, 3.63) is 107 Å². The van der Waals surface area contributed by atoms with Crippen LogP contribution in [0.4, 0.5) is 14.9 Å². The molecule has 52 heavy (non-hydrogen) atoms. The van der Waals surface area contributed by atoms with Gasteiger partial charge in [-0.2, -0.15) is 0 Å². The molecule has 0 spiro atoms. The molecular weight excluding hydrogens is 676 g/mol. The molecule has 4 aromatic carbocycles. The largest absolute Gasteiger partial charge is 0.444 e. The number of primary amides is 1. The Bertz CT molecular complexity index is 2340. The van der Waals surface area contributed by atoms with Gasteiger partial charge in [0.25, 0.3) is 0 Å². The van der Waals surface area contributed by atoms with Crippen LogP contribution in [0, 0.1) is 12.7 Å². The minimum atomic E-state index is -1.22. The summed E-state index contributed by atoms with van der Waals surface area (Å²) in [7, 11) is 0. The molecule has 5 aromatic rings. The fourth-order valence-corrected chi connectivity index (χ4v) is 9.21. The number of hydrogen-bond acceptors (Lipinski definition) is 8. The van der Waals surface area contributed by atoms with Crippen LogP contribution < -0.4 is 16.4 Å². The number of hydrogen-bond donors (Lipinski definition) is 3. The van der Waals surface area contributed by atoms with Crippen LogP contribution in [-0.2, 0) is 9.73 Å². The number of carbonyl (C=O) groups excluding carboxylic acids is 2. The molecule has 2 amide bonds. The number of piperazine rings is 1. The lowest BCUT2D eigenvalue weighted by Gasteiger charge is -2.48. The van der Waals surface area contributed by atoms with E-state index in [2.05, 4.69) is 15.6 Å². The van der Waals surface area contributed by atoms with E-state index in [0.717, 1.165) is 44.7 Å². The SMILES string of the molecule is CSC1(c2ccc(-c3c(C(N)=O)ccc4ccccc34)c3ccccc23)N=C(C23CCC(CNC2)N3C(=O)OC(C)(C)C)c2c(C)ncc(F)c2N1. The molecule has 3 unspecified atom stereocenters. The monoisotopic (exact) mass is 716 g/mol. The molecule has 2 bridgehead atoms. The zero-order chi connectivity index (χ0) is 36.6. The van der Waals surface area contributed by atoms with Gasteiger partial charge in [-0.05, 0) is 80.0 Å². The Labute approximate surface area is 306 Å². The summed E-state index contributed by atoms with van der Waals surface area (Å²) in [5.74, 6) is -1.02. The van der Waals surface area contributed by atoms with Crippen molar-refractivity contribution >= 4 is 56.7 Å². The van der Waals surface area contributed by atoms with Crippen LogP contribution in [0.2, 0.25) is 0 Å². The number of halogens is 1. The lowest BCUT2D eigenvalue weighted by atomic mass is 9.82. The second-order valence-corrected chi connectivity index (χ2v) is 15.9. The molecule has 0 radical (unpaired) electrons. The summed E-state index contributed by atoms with van der Waals surface area (Å²) in [5.41, 5.74) is 9.23. The highest BCUT2D eigenvalue weighted by Crippen LogP contribution is 2.51. The van der Waals surface area contributed by atoms with Crippen molar-refractivity contribution in [1.82, 2.24) is 15.2 Å². The van der Waals surface area contributed by atoms with E-state index in [1.807, 2.05) is 106 Å². The van der Waals surface area contributed by atoms with Crippen LogP contribution >= 0.6 is 11.8 Å². The number of anilines is 1. The lowest BCUT2D eigenvalue weighted by Crippen LogP contribution is -2.67. The Hall–Kier alpha value is -5.00. The minimum Gasteiger partial charge on any atom is -0.444 e. The van der Waals surface area contributed by atoms with Crippen molar-refractivity contribution in [3.8, 4) is 11.1 Å². The van der Waals surface area contributed by atoms with E-state index >= 15 is 4.39 Å². The van der Waals surface area contributed by atoms with Crippen LogP contribution in [0.15, 0.2) is 84.0 Å². The molecule has 3 aliphatic heterocycles. The van der Waals surface area contributed by atoms with Gasteiger partial charge in [0.15, 0.2) is 5.82 Å². The van der Waals surface area contributed by atoms with E-state index in [9.17, 15) is 9.59 Å². The fraction of sp³-hybridized carbons (Fsp3) is 0.317. The van der Waals surface area contributed by atoms with Crippen LogP contribution in [0.5, 0.6) is 0 Å². The topological polar surface area (TPSA) is 122 Å². The van der Waals surface area contributed by atoms with Crippen molar-refractivity contribution in [1.29, 1.82) is 0 Å². The standard InChI is InChI=1S/C41H41FN6O3S/c1-23-33-35(32(42)21-45-23)46-41(52-5,47-36(33)40-19-18-25(20-44-22-40)48(40)38(50)51-39(2,3)4)31-17-16-29(27-12-8-9-13-28(27)31)34-26-11-7-6-10-24(26)14-15-30(34)37(43)49/h6-17,21,25,44,46H,18-20,22H2,1-5H3,(H2,43,49). The van der Waals surface area contributed by atoms with Crippen molar-refractivity contribution in [2.24, 2.45) is 10.7 Å². The summed E-state index contributed by atoms with van der Waals surface area (Å²) in [6.07, 6.45) is 4.14. The minimum absolute atomic E-state index is 0.115. The highest BCUT2D eigenvalue weighted by atomic mass is 32.2. The molecular formula is C41H41FN6O3S. The van der Waals surface area contributed by atoms with Crippen LogP contribution in [0.3, 0.4) is 0 Å². The third kappa shape index (κ3) is 5.24. The number of nitrogens with zero attached hydrogens (tertiary/aromatic N) is 3. The maximum atomic E-state index is 16.2. The molecule has 8 rings (SSSR count). The highest BCUT2D eigenvalue weighted by molar-refractivity contribution is 7.99. The maximum absolute atomic E-state index is 16.2. The van der Waals surface area contributed by atoms with E-state index < -0.39 is 34.0 Å². The first-order chi connectivity index (χ1) is 24.9. The van der Waals surface area contributed by atoms with Gasteiger partial charge >= 0.3 is 6.09 Å². The fourth-order valence-electron chi connectivity index (χ4n) is 8.42. The number of benzene rings is 4. The molecule has 9 nitrogen and oxygen atoms in total. The summed E-state index contributed by atoms with van der Waals surface area (Å²) >= 11 is 1.45. The number of thioether (sulfide) groups is 1. The number of aliphatic imine (C=N–C) groups is 1. The summed E-state index contributed by atoms with van der Waals surface area (Å²) in [5, 5.41) is 10.7. The quantitative estimate of drug-likeness (QED) is 0.170. The van der Waals surface area contributed by atoms with Crippen LogP contribution in [-0.4, -0.2) is 64.1 Å². The molecule has 4 heterocycles. The van der Waals surface area contributed by atoms with Gasteiger partial charge in [-0.3, -0.25) is 14.7 Å². The number of carbonyl (C=O) groups is 2. The third-order valence-corrected chi connectivity index (χ3v) is 11.6. The van der Waals surface area contributed by atoms with Crippen LogP contribution in [0.1, 0.15) is 60.8 Å². The summed E-state index contributed by atoms with van der Waals surface area (Å²) in [6.45, 7) is 8.49. The van der Waals surface area contributed by atoms with Crippen LogP contribution in [0.25, 0.3) is 32.7 Å². The zero-order valence-electron chi connectivity index (χ0n) is 29.8. The molecule has 2 saturated heterocycles. The van der Waals surface area contributed by atoms with Gasteiger partial charge in [-0.25, -0.2) is 14.2 Å². The van der Waals surface area contributed by atoms with E-state index in [0.29, 0.717) is 42.0 Å². The molecule has 2 fully saturated rings. The Kier molecular flexibility index (Phi) is 8.07. The average Bonchev–Trinajstić information content (AvgIpc) is 3.36. The second kappa shape index (κ2) is 12.3. The smallest absolute Gasteiger partial charge is 0.411 e. The van der Waals surface area contributed by atoms with Gasteiger partial charge < -0.3 is 21.1 Å². The Balaban J connectivity index is 1.39. The van der Waals surface area contributed by atoms with Crippen molar-refractivity contribution in [2.75, 3.05) is 24.7 Å². The molecule has 4 N–H and O–H groups in total. The van der Waals surface area contributed by atoms with Gasteiger partial charge in [0, 0.05) is 47.1 Å². The van der Waals surface area contributed by atoms with Gasteiger partial charge in [0.05, 0.1) is 17.6 Å². The number of fused-ring (bicyclic) bond motifs is 5. The van der Waals surface area contributed by atoms with Gasteiger partial charge in [-0.15, -0.1) is 11.8 Å². The molecule has 266 valence electrons. The first kappa shape index (κ1) is 34.1. The lowest BCUT2D eigenvalue weighted by molar-refractivity contribution is 0.00242. The predicted octanol–water partition coefficient (Wildman–Crippen LogP) is 7.73. The number of amides is 2. The molecule has 3 atom stereocenters. The summed E-state index contributed by atoms with van der Waals surface area (Å²) in [6, 6.07) is 23.5. The van der Waals surface area contributed by atoms with Gasteiger partial charge in [0.2, 0.25) is 10.9 Å². The highest BCUT2D eigenvalue weighted by Gasteiger charge is 2.58. The summed E-state index contributed by atoms with van der Waals surface area (Å²) in [4.78, 5) is 37.6. The number of aryl methyl sites for hydroxylation is 1. The number of rotatable bonds is 5. The second-order valence-electron chi connectivity index (χ2n) is 14.9. The zero-order valence-corrected chi connectivity index (χ0v) is 30.7. The molecule has 3 aliphatic rings. The third-order valence-electron chi connectivity index (χ3n) is 10.6. The molecule has 0 saturated carbocycles. The molecule has 1 aromatic heterocycles. The van der Waals surface area contributed by atoms with E-state index in [1.54, 1.807) is 6.07 Å². The van der Waals surface area contributed by atoms with E-state index in [-0.39, 0.29) is 11.7 Å². The Morgan fingerprint density at radius 2 is 1.73 bits per heavy atom. The summed E-state index contributed by atoms with van der Waals surface area (Å²) < 4.78 is 22.2. The first-order valence-electron chi connectivity index (χ1n) is 17.5. The van der Waals surface area contributed by atoms with Gasteiger partial charge in [-0.1, -0.05) is 66.7 Å². The number of pyridine rings is 1. The molecule has 11 heteroatoms. The average molecular weight is 717 g/mol. The normalized spacial score (nSPS) is 22.5. The van der Waals surface area contributed by atoms with E-state index in [4.69, 9.17) is 15.5 Å². The Morgan fingerprint density at radius 1 is 1.00 bits per heavy atom. The first-order valence-corrected chi connectivity index (χ1v) is 18.8. The number of ether oxygens (including phenoxy) is 1. The van der Waals surface area contributed by atoms with Crippen molar-refractivity contribution < 1.29 is 18.7 Å². The van der Waals surface area contributed by atoms with Crippen molar-refractivity contribution in [2.45, 2.75) is 62.7 Å². The molecule has 0 aliphatic carbocycles. The Morgan fingerprint density at radius 3 is 2.46 bits per heavy atom. The number of nitrogens with one attached hydrogen (secondary N) is 2. The van der Waals surface area contributed by atoms with E-state index in [1.165, 1.54) is 18.0 Å². The van der Waals surface area contributed by atoms with Gasteiger partial charge in [0.1, 0.15) is 11.1 Å². The number of nitrogens with two attached hydrogens (primary N) is 1. The maximum Gasteiger partial charge on any atom is 0.411 e. The number of aromatic nitrogens is 1. The predicted molar refractivity (Wildman–Crippen MR) is 206 cm³/mol. The van der Waals surface area contributed by atoms with Crippen molar-refractivity contribution in [3.63, 3.8) is 0 Å².